The van der Waals surface area contributed by atoms with E-state index in [1.54, 1.807) is 0 Å². The molecule has 0 saturated heterocycles. The Labute approximate surface area is 95.3 Å². The molecular weight excluding hydrogens is 210 g/mol. The lowest BCUT2D eigenvalue weighted by molar-refractivity contribution is 0.270. The van der Waals surface area contributed by atoms with Crippen LogP contribution in [0.3, 0.4) is 0 Å². The summed E-state index contributed by atoms with van der Waals surface area (Å²) in [5.74, 6) is 0.471. The summed E-state index contributed by atoms with van der Waals surface area (Å²) in [6, 6.07) is 6.58. The minimum absolute atomic E-state index is 0.303. The second-order valence-corrected chi connectivity index (χ2v) is 4.66. The van der Waals surface area contributed by atoms with Gasteiger partial charge in [0.25, 0.3) is 0 Å². The fourth-order valence-corrected chi connectivity index (χ4v) is 1.88. The molecule has 1 aliphatic carbocycles. The van der Waals surface area contributed by atoms with Crippen molar-refractivity contribution in [1.82, 2.24) is 5.32 Å². The van der Waals surface area contributed by atoms with Gasteiger partial charge in [0.15, 0.2) is 0 Å². The number of nitrogens with one attached hydrogen (secondary N) is 1. The Balaban J connectivity index is 1.86. The van der Waals surface area contributed by atoms with E-state index in [4.69, 9.17) is 16.7 Å². The molecule has 1 fully saturated rings. The highest BCUT2D eigenvalue weighted by Crippen LogP contribution is 2.29. The van der Waals surface area contributed by atoms with E-state index < -0.39 is 0 Å². The first-order chi connectivity index (χ1) is 7.20. The van der Waals surface area contributed by atoms with Crippen molar-refractivity contribution in [3.8, 4) is 0 Å². The highest BCUT2D eigenvalue weighted by atomic mass is 35.5. The van der Waals surface area contributed by atoms with Crippen LogP contribution in [-0.4, -0.2) is 17.8 Å². The molecule has 2 nitrogen and oxygen atoms in total. The van der Waals surface area contributed by atoms with Gasteiger partial charge in [0, 0.05) is 24.2 Å². The second kappa shape index (κ2) is 4.52. The third-order valence-corrected chi connectivity index (χ3v) is 3.37. The van der Waals surface area contributed by atoms with Crippen LogP contribution in [0, 0.1) is 12.8 Å². The number of hydrogen-bond acceptors (Lipinski definition) is 2. The Morgan fingerprint density at radius 2 is 2.33 bits per heavy atom. The van der Waals surface area contributed by atoms with Crippen molar-refractivity contribution in [2.24, 2.45) is 5.92 Å². The SMILES string of the molecule is Cc1cc(CN[C@@H]2C[C@H]2CO)ccc1Cl. The first-order valence-electron chi connectivity index (χ1n) is 5.30. The maximum Gasteiger partial charge on any atom is 0.0474 e. The summed E-state index contributed by atoms with van der Waals surface area (Å²) in [5.41, 5.74) is 2.37. The Morgan fingerprint density at radius 3 is 2.93 bits per heavy atom. The topological polar surface area (TPSA) is 32.3 Å². The lowest BCUT2D eigenvalue weighted by Gasteiger charge is -2.05. The summed E-state index contributed by atoms with van der Waals surface area (Å²) in [6.07, 6.45) is 1.10. The molecule has 0 aliphatic heterocycles. The zero-order valence-electron chi connectivity index (χ0n) is 8.83. The van der Waals surface area contributed by atoms with E-state index in [1.807, 2.05) is 19.1 Å². The number of halogens is 1. The molecule has 0 aromatic heterocycles. The van der Waals surface area contributed by atoms with E-state index in [1.165, 1.54) is 5.56 Å². The van der Waals surface area contributed by atoms with Gasteiger partial charge in [0.05, 0.1) is 0 Å². The molecular formula is C12H16ClNO. The van der Waals surface area contributed by atoms with Gasteiger partial charge in [-0.25, -0.2) is 0 Å². The standard InChI is InChI=1S/C12H16ClNO/c1-8-4-9(2-3-11(8)13)6-14-12-5-10(12)7-15/h2-4,10,12,14-15H,5-7H2,1H3/t10-,12+/m0/s1. The van der Waals surface area contributed by atoms with Gasteiger partial charge in [-0.1, -0.05) is 23.7 Å². The van der Waals surface area contributed by atoms with Gasteiger partial charge in [-0.3, -0.25) is 0 Å². The predicted octanol–water partition coefficient (Wildman–Crippen LogP) is 2.12. The van der Waals surface area contributed by atoms with E-state index >= 15 is 0 Å². The molecule has 0 unspecified atom stereocenters. The zero-order chi connectivity index (χ0) is 10.8. The first kappa shape index (κ1) is 10.9. The van der Waals surface area contributed by atoms with Crippen LogP contribution < -0.4 is 5.32 Å². The van der Waals surface area contributed by atoms with E-state index in [0.717, 1.165) is 23.6 Å². The average molecular weight is 226 g/mol. The fourth-order valence-electron chi connectivity index (χ4n) is 1.77. The molecule has 0 amide bonds. The molecule has 0 radical (unpaired) electrons. The summed E-state index contributed by atoms with van der Waals surface area (Å²) < 4.78 is 0. The Bertz CT molecular complexity index is 353. The first-order valence-corrected chi connectivity index (χ1v) is 5.68. The van der Waals surface area contributed by atoms with Crippen molar-refractivity contribution in [1.29, 1.82) is 0 Å². The Kier molecular flexibility index (Phi) is 3.29. The van der Waals surface area contributed by atoms with Crippen molar-refractivity contribution < 1.29 is 5.11 Å². The number of hydrogen-bond donors (Lipinski definition) is 2. The molecule has 1 saturated carbocycles. The van der Waals surface area contributed by atoms with Gasteiger partial charge >= 0.3 is 0 Å². The molecule has 15 heavy (non-hydrogen) atoms. The average Bonchev–Trinajstić information content (AvgIpc) is 2.98. The predicted molar refractivity (Wildman–Crippen MR) is 62.0 cm³/mol. The van der Waals surface area contributed by atoms with Crippen LogP contribution in [0.2, 0.25) is 5.02 Å². The minimum atomic E-state index is 0.303. The highest BCUT2D eigenvalue weighted by Gasteiger charge is 2.35. The Morgan fingerprint density at radius 1 is 1.53 bits per heavy atom. The third-order valence-electron chi connectivity index (χ3n) is 2.95. The molecule has 1 aromatic rings. The summed E-state index contributed by atoms with van der Waals surface area (Å²) >= 11 is 5.95. The monoisotopic (exact) mass is 225 g/mol. The molecule has 82 valence electrons. The van der Waals surface area contributed by atoms with Gasteiger partial charge in [-0.05, 0) is 36.5 Å². The smallest absolute Gasteiger partial charge is 0.0474 e. The van der Waals surface area contributed by atoms with Crippen LogP contribution >= 0.6 is 11.6 Å². The quantitative estimate of drug-likeness (QED) is 0.823. The third kappa shape index (κ3) is 2.71. The van der Waals surface area contributed by atoms with Crippen molar-refractivity contribution in [2.45, 2.75) is 25.9 Å². The molecule has 0 bridgehead atoms. The van der Waals surface area contributed by atoms with E-state index in [2.05, 4.69) is 11.4 Å². The lowest BCUT2D eigenvalue weighted by atomic mass is 10.1. The number of aliphatic hydroxyl groups is 1. The van der Waals surface area contributed by atoms with Crippen LogP contribution in [-0.2, 0) is 6.54 Å². The van der Waals surface area contributed by atoms with Crippen LogP contribution in [0.25, 0.3) is 0 Å². The lowest BCUT2D eigenvalue weighted by Crippen LogP contribution is -2.18. The van der Waals surface area contributed by atoms with Gasteiger partial charge in [-0.2, -0.15) is 0 Å². The second-order valence-electron chi connectivity index (χ2n) is 4.25. The van der Waals surface area contributed by atoms with Crippen LogP contribution in [0.1, 0.15) is 17.5 Å². The van der Waals surface area contributed by atoms with E-state index in [0.29, 0.717) is 18.6 Å². The minimum Gasteiger partial charge on any atom is -0.396 e. The summed E-state index contributed by atoms with van der Waals surface area (Å²) in [4.78, 5) is 0. The maximum atomic E-state index is 8.90. The van der Waals surface area contributed by atoms with Gasteiger partial charge in [-0.15, -0.1) is 0 Å². The normalized spacial score (nSPS) is 24.2. The van der Waals surface area contributed by atoms with Crippen molar-refractivity contribution in [3.05, 3.63) is 34.3 Å². The van der Waals surface area contributed by atoms with Crippen LogP contribution in [0.4, 0.5) is 0 Å². The maximum absolute atomic E-state index is 8.90. The van der Waals surface area contributed by atoms with E-state index in [-0.39, 0.29) is 0 Å². The molecule has 0 heterocycles. The summed E-state index contributed by atoms with van der Waals surface area (Å²) in [6.45, 7) is 3.18. The Hall–Kier alpha value is -0.570. The molecule has 1 aromatic carbocycles. The summed E-state index contributed by atoms with van der Waals surface area (Å²) in [7, 11) is 0. The molecule has 2 rings (SSSR count). The molecule has 3 heteroatoms. The molecule has 0 spiro atoms. The molecule has 2 N–H and O–H groups in total. The van der Waals surface area contributed by atoms with Crippen LogP contribution in [0.5, 0.6) is 0 Å². The van der Waals surface area contributed by atoms with Crippen molar-refractivity contribution in [3.63, 3.8) is 0 Å². The summed E-state index contributed by atoms with van der Waals surface area (Å²) in [5, 5.41) is 13.1. The van der Waals surface area contributed by atoms with Gasteiger partial charge < -0.3 is 10.4 Å². The number of aryl methyl sites for hydroxylation is 1. The van der Waals surface area contributed by atoms with Gasteiger partial charge in [0.1, 0.15) is 0 Å². The fraction of sp³-hybridized carbons (Fsp3) is 0.500. The van der Waals surface area contributed by atoms with E-state index in [9.17, 15) is 0 Å². The highest BCUT2D eigenvalue weighted by molar-refractivity contribution is 6.31. The molecule has 2 atom stereocenters. The van der Waals surface area contributed by atoms with Gasteiger partial charge in [0.2, 0.25) is 0 Å². The number of aliphatic hydroxyl groups excluding tert-OH is 1. The van der Waals surface area contributed by atoms with Crippen LogP contribution in [0.15, 0.2) is 18.2 Å². The zero-order valence-corrected chi connectivity index (χ0v) is 9.59. The molecule has 1 aliphatic rings. The number of benzene rings is 1. The van der Waals surface area contributed by atoms with Crippen molar-refractivity contribution >= 4 is 11.6 Å². The van der Waals surface area contributed by atoms with Crippen molar-refractivity contribution in [2.75, 3.05) is 6.61 Å². The largest absolute Gasteiger partial charge is 0.396 e. The number of rotatable bonds is 4.